The minimum atomic E-state index is -1.08. The molecular weight excluding hydrogens is 344 g/mol. The van der Waals surface area contributed by atoms with Gasteiger partial charge in [-0.2, -0.15) is 0 Å². The van der Waals surface area contributed by atoms with Gasteiger partial charge in [-0.15, -0.1) is 0 Å². The van der Waals surface area contributed by atoms with Crippen molar-refractivity contribution in [1.82, 2.24) is 14.9 Å². The van der Waals surface area contributed by atoms with Crippen LogP contribution in [0.5, 0.6) is 0 Å². The number of hydrogen-bond donors (Lipinski definition) is 1. The Morgan fingerprint density at radius 2 is 1.84 bits per heavy atom. The van der Waals surface area contributed by atoms with Crippen molar-refractivity contribution in [3.05, 3.63) is 18.1 Å². The number of carbonyl (C=O) groups is 2. The zero-order chi connectivity index (χ0) is 18.8. The molecule has 0 aromatic carbocycles. The number of anilines is 1. The first-order valence-electron chi connectivity index (χ1n) is 8.56. The predicted octanol–water partition coefficient (Wildman–Crippen LogP) is 2.88. The lowest BCUT2D eigenvalue weighted by Crippen LogP contribution is -2.57. The van der Waals surface area contributed by atoms with E-state index in [1.807, 2.05) is 27.7 Å². The second-order valence-corrected chi connectivity index (χ2v) is 6.92. The predicted molar refractivity (Wildman–Crippen MR) is 96.2 cm³/mol. The Hall–Kier alpha value is -1.89. The van der Waals surface area contributed by atoms with Crippen LogP contribution in [0.1, 0.15) is 46.4 Å². The van der Waals surface area contributed by atoms with Crippen molar-refractivity contribution in [3.8, 4) is 0 Å². The minimum Gasteiger partial charge on any atom is -0.480 e. The molecule has 8 heteroatoms. The summed E-state index contributed by atoms with van der Waals surface area (Å²) in [5.41, 5.74) is -1.08. The summed E-state index contributed by atoms with van der Waals surface area (Å²) in [7, 11) is 0. The molecule has 1 aromatic rings. The first kappa shape index (κ1) is 19.4. The highest BCUT2D eigenvalue weighted by Crippen LogP contribution is 2.31. The van der Waals surface area contributed by atoms with E-state index in [1.54, 1.807) is 17.2 Å². The molecule has 0 aliphatic carbocycles. The first-order chi connectivity index (χ1) is 11.8. The molecular formula is C17H25ClN4O3. The van der Waals surface area contributed by atoms with Crippen LogP contribution >= 0.6 is 11.6 Å². The van der Waals surface area contributed by atoms with Crippen LogP contribution in [0.4, 0.5) is 10.6 Å². The average Bonchev–Trinajstić information content (AvgIpc) is 2.55. The van der Waals surface area contributed by atoms with E-state index in [2.05, 4.69) is 14.9 Å². The third-order valence-corrected chi connectivity index (χ3v) is 5.33. The highest BCUT2D eigenvalue weighted by Gasteiger charge is 2.40. The highest BCUT2D eigenvalue weighted by molar-refractivity contribution is 6.62. The normalized spacial score (nSPS) is 21.3. The molecule has 1 aliphatic rings. The first-order valence-corrected chi connectivity index (χ1v) is 8.94. The number of halogens is 1. The summed E-state index contributed by atoms with van der Waals surface area (Å²) in [5, 5.41) is 9.25. The topological polar surface area (TPSA) is 86.6 Å². The molecule has 0 saturated carbocycles. The van der Waals surface area contributed by atoms with Crippen LogP contribution in [-0.4, -0.2) is 56.5 Å². The number of carbonyl (C=O) groups excluding carboxylic acids is 1. The van der Waals surface area contributed by atoms with Crippen molar-refractivity contribution in [3.63, 3.8) is 0 Å². The SMILES string of the molecule is CCC(CC)(C(=O)O)c1nccc(N2C[C@@H](C)N(C(=O)Cl)[C@@H](C)C2)n1. The summed E-state index contributed by atoms with van der Waals surface area (Å²) in [4.78, 5) is 35.9. The summed E-state index contributed by atoms with van der Waals surface area (Å²) in [5.74, 6) is 0.102. The number of carboxylic acid groups (broad SMARTS) is 1. The fraction of sp³-hybridized carbons (Fsp3) is 0.647. The largest absolute Gasteiger partial charge is 0.480 e. The standard InChI is InChI=1S/C17H25ClN4O3/c1-5-17(6-2,15(23)24)14-19-8-7-13(20-14)21-9-11(3)22(16(18)25)12(4)10-21/h7-8,11-12H,5-6,9-10H2,1-4H3,(H,23,24)/t11-,12+. The zero-order valence-electron chi connectivity index (χ0n) is 15.1. The number of aromatic nitrogens is 2. The molecule has 25 heavy (non-hydrogen) atoms. The highest BCUT2D eigenvalue weighted by atomic mass is 35.5. The average molecular weight is 369 g/mol. The molecule has 1 amide bonds. The molecule has 7 nitrogen and oxygen atoms in total. The number of hydrogen-bond acceptors (Lipinski definition) is 5. The number of piperazine rings is 1. The van der Waals surface area contributed by atoms with E-state index in [-0.39, 0.29) is 12.1 Å². The maximum absolute atomic E-state index is 11.8. The summed E-state index contributed by atoms with van der Waals surface area (Å²) in [6.07, 6.45) is 2.45. The van der Waals surface area contributed by atoms with E-state index in [0.717, 1.165) is 0 Å². The second kappa shape index (κ2) is 7.56. The van der Waals surface area contributed by atoms with Crippen LogP contribution in [0.25, 0.3) is 0 Å². The Kier molecular flexibility index (Phi) is 5.87. The molecule has 2 atom stereocenters. The molecule has 0 radical (unpaired) electrons. The van der Waals surface area contributed by atoms with Gasteiger partial charge in [-0.05, 0) is 44.4 Å². The number of amides is 1. The zero-order valence-corrected chi connectivity index (χ0v) is 15.8. The summed E-state index contributed by atoms with van der Waals surface area (Å²) < 4.78 is 0. The maximum Gasteiger partial charge on any atom is 0.317 e. The van der Waals surface area contributed by atoms with Crippen molar-refractivity contribution >= 4 is 28.8 Å². The van der Waals surface area contributed by atoms with E-state index in [9.17, 15) is 14.7 Å². The third kappa shape index (κ3) is 3.56. The summed E-state index contributed by atoms with van der Waals surface area (Å²) >= 11 is 5.68. The lowest BCUT2D eigenvalue weighted by atomic mass is 9.81. The molecule has 0 spiro atoms. The third-order valence-electron chi connectivity index (χ3n) is 5.13. The molecule has 138 valence electrons. The van der Waals surface area contributed by atoms with Gasteiger partial charge >= 0.3 is 11.3 Å². The molecule has 0 bridgehead atoms. The van der Waals surface area contributed by atoms with E-state index in [1.165, 1.54) is 0 Å². The fourth-order valence-electron chi connectivity index (χ4n) is 3.58. The number of nitrogens with zero attached hydrogens (tertiary/aromatic N) is 4. The van der Waals surface area contributed by atoms with Crippen LogP contribution in [0.3, 0.4) is 0 Å². The molecule has 2 heterocycles. The summed E-state index contributed by atoms with van der Waals surface area (Å²) in [6.45, 7) is 8.70. The molecule has 1 N–H and O–H groups in total. The van der Waals surface area contributed by atoms with Crippen molar-refractivity contribution in [2.24, 2.45) is 0 Å². The fourth-order valence-corrected chi connectivity index (χ4v) is 3.91. The van der Waals surface area contributed by atoms with Crippen LogP contribution in [0.15, 0.2) is 12.3 Å². The Labute approximate surface area is 153 Å². The van der Waals surface area contributed by atoms with E-state index < -0.39 is 16.8 Å². The monoisotopic (exact) mass is 368 g/mol. The molecule has 1 fully saturated rings. The van der Waals surface area contributed by atoms with Gasteiger partial charge in [0, 0.05) is 31.4 Å². The Morgan fingerprint density at radius 1 is 1.28 bits per heavy atom. The quantitative estimate of drug-likeness (QED) is 0.635. The van der Waals surface area contributed by atoms with E-state index in [0.29, 0.717) is 37.6 Å². The Morgan fingerprint density at radius 3 is 2.28 bits per heavy atom. The van der Waals surface area contributed by atoms with Gasteiger partial charge in [0.1, 0.15) is 17.1 Å². The van der Waals surface area contributed by atoms with Crippen LogP contribution in [-0.2, 0) is 10.2 Å². The van der Waals surface area contributed by atoms with Crippen molar-refractivity contribution in [2.45, 2.75) is 58.0 Å². The molecule has 1 aliphatic heterocycles. The number of aliphatic carboxylic acids is 1. The Bertz CT molecular complexity index is 639. The minimum absolute atomic E-state index is 0.0613. The van der Waals surface area contributed by atoms with Gasteiger partial charge in [0.25, 0.3) is 0 Å². The molecule has 2 rings (SSSR count). The van der Waals surface area contributed by atoms with E-state index >= 15 is 0 Å². The van der Waals surface area contributed by atoms with Gasteiger partial charge in [-0.25, -0.2) is 9.97 Å². The van der Waals surface area contributed by atoms with Gasteiger partial charge in [0.15, 0.2) is 0 Å². The maximum atomic E-state index is 11.8. The van der Waals surface area contributed by atoms with Gasteiger partial charge in [0.05, 0.1) is 0 Å². The molecule has 1 aromatic heterocycles. The van der Waals surface area contributed by atoms with Gasteiger partial charge in [-0.1, -0.05) is 13.8 Å². The second-order valence-electron chi connectivity index (χ2n) is 6.60. The van der Waals surface area contributed by atoms with Crippen LogP contribution < -0.4 is 4.90 Å². The lowest BCUT2D eigenvalue weighted by molar-refractivity contribution is -0.144. The number of carboxylic acids is 1. The lowest BCUT2D eigenvalue weighted by Gasteiger charge is -2.44. The number of rotatable bonds is 5. The van der Waals surface area contributed by atoms with Crippen molar-refractivity contribution in [2.75, 3.05) is 18.0 Å². The molecule has 0 unspecified atom stereocenters. The van der Waals surface area contributed by atoms with Gasteiger partial charge < -0.3 is 14.9 Å². The Balaban J connectivity index is 2.34. The molecule has 1 saturated heterocycles. The van der Waals surface area contributed by atoms with Gasteiger partial charge in [-0.3, -0.25) is 9.59 Å². The van der Waals surface area contributed by atoms with Gasteiger partial charge in [0.2, 0.25) is 0 Å². The smallest absolute Gasteiger partial charge is 0.317 e. The van der Waals surface area contributed by atoms with Crippen molar-refractivity contribution in [1.29, 1.82) is 0 Å². The van der Waals surface area contributed by atoms with Crippen LogP contribution in [0, 0.1) is 0 Å². The van der Waals surface area contributed by atoms with Crippen molar-refractivity contribution < 1.29 is 14.7 Å². The summed E-state index contributed by atoms with van der Waals surface area (Å²) in [6, 6.07) is 1.65. The van der Waals surface area contributed by atoms with Crippen LogP contribution in [0.2, 0.25) is 0 Å². The van der Waals surface area contributed by atoms with E-state index in [4.69, 9.17) is 11.6 Å².